The second-order valence-electron chi connectivity index (χ2n) is 9.96. The zero-order valence-corrected chi connectivity index (χ0v) is 24.0. The number of rotatable bonds is 9. The largest absolute Gasteiger partial charge is 0.478 e. The van der Waals surface area contributed by atoms with E-state index >= 15 is 0 Å². The van der Waals surface area contributed by atoms with E-state index in [1.807, 2.05) is 5.51 Å². The lowest BCUT2D eigenvalue weighted by molar-refractivity contribution is -0.692. The number of thiazole rings is 2. The molecule has 1 saturated heterocycles. The molecule has 16 heteroatoms. The molecule has 3 aliphatic rings. The number of oxime groups is 1. The molecule has 2 aromatic rings. The first-order valence-electron chi connectivity index (χ1n) is 12.4. The van der Waals surface area contributed by atoms with Crippen molar-refractivity contribution in [1.29, 1.82) is 0 Å². The Bertz CT molecular complexity index is 1460. The molecule has 13 nitrogen and oxygen atoms in total. The van der Waals surface area contributed by atoms with Crippen molar-refractivity contribution in [3.63, 3.8) is 0 Å². The molecule has 0 bridgehead atoms. The van der Waals surface area contributed by atoms with Crippen molar-refractivity contribution in [1.82, 2.24) is 15.2 Å². The number of hydrogen-bond acceptors (Lipinski definition) is 11. The lowest BCUT2D eigenvalue weighted by Gasteiger charge is -2.49. The number of nitrogens with zero attached hydrogens (tertiary/aromatic N) is 4. The molecular formula is C24H27N6O7S3+. The summed E-state index contributed by atoms with van der Waals surface area (Å²) in [4.78, 5) is 61.9. The van der Waals surface area contributed by atoms with E-state index in [-0.39, 0.29) is 22.2 Å². The van der Waals surface area contributed by atoms with Crippen molar-refractivity contribution in [3.8, 4) is 0 Å². The van der Waals surface area contributed by atoms with Crippen LogP contribution in [0.5, 0.6) is 0 Å². The van der Waals surface area contributed by atoms with Gasteiger partial charge in [0.05, 0.1) is 4.88 Å². The van der Waals surface area contributed by atoms with Gasteiger partial charge in [-0.15, -0.1) is 23.1 Å². The molecule has 40 heavy (non-hydrogen) atoms. The number of nitrogens with two attached hydrogens (primary N) is 1. The van der Waals surface area contributed by atoms with E-state index in [1.54, 1.807) is 11.3 Å². The third kappa shape index (κ3) is 5.17. The number of nitrogen functional groups attached to an aromatic ring is 1. The first kappa shape index (κ1) is 28.0. The topological polar surface area (TPSA) is 188 Å². The van der Waals surface area contributed by atoms with E-state index in [1.165, 1.54) is 46.5 Å². The number of carboxylic acids is 2. The van der Waals surface area contributed by atoms with E-state index in [4.69, 9.17) is 10.6 Å². The minimum Gasteiger partial charge on any atom is -0.478 e. The highest BCUT2D eigenvalue weighted by Crippen LogP contribution is 2.40. The van der Waals surface area contributed by atoms with Crippen molar-refractivity contribution >= 4 is 69.0 Å². The minimum atomic E-state index is -1.74. The maximum Gasteiger partial charge on any atom is 0.352 e. The Morgan fingerprint density at radius 2 is 2.02 bits per heavy atom. The molecule has 2 aromatic heterocycles. The van der Waals surface area contributed by atoms with E-state index in [2.05, 4.69) is 20.0 Å². The molecule has 2 amide bonds. The summed E-state index contributed by atoms with van der Waals surface area (Å²) in [6.07, 6.45) is 4.21. The van der Waals surface area contributed by atoms with Gasteiger partial charge in [-0.1, -0.05) is 16.5 Å². The van der Waals surface area contributed by atoms with Crippen LogP contribution in [-0.2, 0) is 43.4 Å². The molecule has 2 atom stereocenters. The summed E-state index contributed by atoms with van der Waals surface area (Å²) >= 11 is 4.08. The Kier molecular flexibility index (Phi) is 7.58. The van der Waals surface area contributed by atoms with E-state index < -0.39 is 40.8 Å². The summed E-state index contributed by atoms with van der Waals surface area (Å²) in [6, 6.07) is -1.02. The van der Waals surface area contributed by atoms with Gasteiger partial charge in [-0.2, -0.15) is 4.57 Å². The molecule has 1 fully saturated rings. The van der Waals surface area contributed by atoms with Crippen LogP contribution < -0.4 is 15.6 Å². The van der Waals surface area contributed by atoms with E-state index in [9.17, 15) is 29.4 Å². The van der Waals surface area contributed by atoms with Crippen LogP contribution in [0.2, 0.25) is 0 Å². The molecular weight excluding hydrogens is 581 g/mol. The highest BCUT2D eigenvalue weighted by Gasteiger charge is 2.55. The van der Waals surface area contributed by atoms with Crippen LogP contribution in [0.15, 0.2) is 27.3 Å². The Hall–Kier alpha value is -3.50. The molecule has 4 heterocycles. The first-order chi connectivity index (χ1) is 19.0. The summed E-state index contributed by atoms with van der Waals surface area (Å²) in [7, 11) is 0. The maximum atomic E-state index is 13.2. The number of thioether (sulfide) groups is 1. The van der Waals surface area contributed by atoms with Crippen LogP contribution in [0.3, 0.4) is 0 Å². The maximum absolute atomic E-state index is 13.2. The van der Waals surface area contributed by atoms with Gasteiger partial charge in [0, 0.05) is 23.1 Å². The number of β-lactam (4-membered cyclic amide) rings is 1. The highest BCUT2D eigenvalue weighted by atomic mass is 32.2. The van der Waals surface area contributed by atoms with Crippen molar-refractivity contribution in [2.24, 2.45) is 5.16 Å². The average molecular weight is 608 g/mol. The second kappa shape index (κ2) is 10.8. The van der Waals surface area contributed by atoms with E-state index in [0.29, 0.717) is 17.9 Å². The van der Waals surface area contributed by atoms with Crippen molar-refractivity contribution in [2.45, 2.75) is 63.1 Å². The summed E-state index contributed by atoms with van der Waals surface area (Å²) in [6.45, 7) is 2.90. The van der Waals surface area contributed by atoms with Gasteiger partial charge >= 0.3 is 11.9 Å². The van der Waals surface area contributed by atoms with Crippen LogP contribution in [0.4, 0.5) is 5.13 Å². The number of aromatic nitrogens is 2. The lowest BCUT2D eigenvalue weighted by Crippen LogP contribution is -2.71. The predicted octanol–water partition coefficient (Wildman–Crippen LogP) is 0.976. The number of aliphatic carboxylic acids is 2. The van der Waals surface area contributed by atoms with Gasteiger partial charge in [0.2, 0.25) is 11.1 Å². The monoisotopic (exact) mass is 607 g/mol. The smallest absolute Gasteiger partial charge is 0.352 e. The van der Waals surface area contributed by atoms with Gasteiger partial charge in [0.25, 0.3) is 11.8 Å². The summed E-state index contributed by atoms with van der Waals surface area (Å²) in [5.41, 5.74) is 7.45. The van der Waals surface area contributed by atoms with Crippen molar-refractivity contribution in [3.05, 3.63) is 38.4 Å². The molecule has 0 spiro atoms. The molecule has 0 saturated carbocycles. The summed E-state index contributed by atoms with van der Waals surface area (Å²) in [5, 5.41) is 26.7. The number of carboxylic acid groups (broad SMARTS) is 2. The fraction of sp³-hybridized carbons (Fsp3) is 0.458. The molecule has 1 aliphatic carbocycles. The van der Waals surface area contributed by atoms with Gasteiger partial charge in [-0.25, -0.2) is 14.6 Å². The van der Waals surface area contributed by atoms with Gasteiger partial charge in [-0.05, 0) is 33.1 Å². The number of carbonyl (C=O) groups excluding carboxylic acids is 2. The Morgan fingerprint density at radius 1 is 1.27 bits per heavy atom. The zero-order valence-electron chi connectivity index (χ0n) is 21.6. The Morgan fingerprint density at radius 3 is 2.70 bits per heavy atom. The lowest BCUT2D eigenvalue weighted by atomic mass is 10.0. The molecule has 5 rings (SSSR count). The third-order valence-electron chi connectivity index (χ3n) is 6.82. The number of hydrogen-bond donors (Lipinski definition) is 4. The average Bonchev–Trinajstić information content (AvgIpc) is 3.53. The highest BCUT2D eigenvalue weighted by molar-refractivity contribution is 8.00. The Balaban J connectivity index is 1.36. The van der Waals surface area contributed by atoms with Gasteiger partial charge < -0.3 is 26.1 Å². The van der Waals surface area contributed by atoms with Gasteiger partial charge in [-0.3, -0.25) is 14.5 Å². The van der Waals surface area contributed by atoms with Crippen LogP contribution in [0, 0.1) is 0 Å². The standard InChI is InChI=1S/C24H26N6O7S3/c1-24(2,22(35)36)37-28-15(12-9-39-23(25)26-12)18(31)27-16-19(32)30-17(21(33)34)11(8-38-20(16)30)7-29-10-40-14-6-4-3-5-13(14)29/h9-10,16,20H,3-8H2,1-2H3,(H4-,25,26,27,31,33,34,35,36)/p+1/b28-15-/t16-,20-/m1/s1. The number of fused-ring (bicyclic) bond motifs is 2. The fourth-order valence-electron chi connectivity index (χ4n) is 4.64. The van der Waals surface area contributed by atoms with Crippen LogP contribution in [-0.4, -0.2) is 72.3 Å². The van der Waals surface area contributed by atoms with Gasteiger partial charge in [0.15, 0.2) is 23.1 Å². The van der Waals surface area contributed by atoms with Crippen LogP contribution in [0.1, 0.15) is 43.0 Å². The van der Waals surface area contributed by atoms with E-state index in [0.717, 1.165) is 37.0 Å². The number of amides is 2. The second-order valence-corrected chi connectivity index (χ2v) is 12.9. The fourth-order valence-corrected chi connectivity index (χ4v) is 7.59. The quantitative estimate of drug-likeness (QED) is 0.138. The number of nitrogens with one attached hydrogen (secondary N) is 1. The molecule has 0 aromatic carbocycles. The summed E-state index contributed by atoms with van der Waals surface area (Å²) in [5.74, 6) is -3.53. The molecule has 212 valence electrons. The number of aryl methyl sites for hydroxylation is 1. The minimum absolute atomic E-state index is 0.0469. The molecule has 0 unspecified atom stereocenters. The number of anilines is 1. The molecule has 2 aliphatic heterocycles. The van der Waals surface area contributed by atoms with Crippen LogP contribution in [0.25, 0.3) is 0 Å². The first-order valence-corrected chi connectivity index (χ1v) is 15.2. The third-order valence-corrected chi connectivity index (χ3v) is 9.91. The summed E-state index contributed by atoms with van der Waals surface area (Å²) < 4.78 is 2.09. The Labute approximate surface area is 240 Å². The molecule has 5 N–H and O–H groups in total. The zero-order chi connectivity index (χ0) is 28.8. The number of carbonyl (C=O) groups is 4. The molecule has 0 radical (unpaired) electrons. The van der Waals surface area contributed by atoms with Crippen LogP contribution >= 0.6 is 34.4 Å². The SMILES string of the molecule is CC(C)(O/N=C(\C(=O)N[C@@H]1C(=O)N2C(C(=O)O)=C(C[n+]3csc4c3CCCC4)CS[C@H]12)c1csc(N)n1)C(=O)O. The normalized spacial score (nSPS) is 20.9. The van der Waals surface area contributed by atoms with Gasteiger partial charge in [0.1, 0.15) is 22.8 Å². The van der Waals surface area contributed by atoms with Crippen molar-refractivity contribution < 1.29 is 38.8 Å². The predicted molar refractivity (Wildman–Crippen MR) is 147 cm³/mol. The van der Waals surface area contributed by atoms with Crippen molar-refractivity contribution in [2.75, 3.05) is 11.5 Å².